The zero-order chi connectivity index (χ0) is 77.4. The van der Waals surface area contributed by atoms with Gasteiger partial charge in [0, 0.05) is 6.42 Å². The van der Waals surface area contributed by atoms with Crippen molar-refractivity contribution in [2.45, 2.75) is 413 Å². The highest BCUT2D eigenvalue weighted by atomic mass is 16.8. The number of hydrogen-bond acceptors (Lipinski definition) is 18. The molecular weight excluding hydrogens is 1360 g/mol. The van der Waals surface area contributed by atoms with Crippen LogP contribution in [0.15, 0.2) is 109 Å². The van der Waals surface area contributed by atoms with Crippen LogP contribution in [0.1, 0.15) is 309 Å². The van der Waals surface area contributed by atoms with E-state index in [1.165, 1.54) is 180 Å². The zero-order valence-corrected chi connectivity index (χ0v) is 66.3. The minimum atomic E-state index is -1.99. The van der Waals surface area contributed by atoms with Gasteiger partial charge in [-0.25, -0.2) is 0 Å². The molecule has 17 atom stereocenters. The van der Waals surface area contributed by atoms with Crippen LogP contribution in [0.4, 0.5) is 0 Å². The molecule has 19 heteroatoms. The first-order chi connectivity index (χ1) is 52.3. The highest BCUT2D eigenvalue weighted by Gasteiger charge is 2.54. The Balaban J connectivity index is 1.37. The van der Waals surface area contributed by atoms with Gasteiger partial charge in [-0.1, -0.05) is 322 Å². The summed E-state index contributed by atoms with van der Waals surface area (Å²) in [4.78, 5) is 13.5. The first kappa shape index (κ1) is 97.6. The minimum Gasteiger partial charge on any atom is -0.394 e. The predicted molar refractivity (Wildman–Crippen MR) is 429 cm³/mol. The number of rotatable bonds is 67. The van der Waals surface area contributed by atoms with Crippen molar-refractivity contribution >= 4 is 5.91 Å². The molecule has 12 N–H and O–H groups in total. The molecule has 19 nitrogen and oxygen atoms in total. The molecule has 618 valence electrons. The average molecular weight is 1510 g/mol. The third-order valence-electron chi connectivity index (χ3n) is 20.6. The largest absolute Gasteiger partial charge is 0.394 e. The molecule has 0 aromatic heterocycles. The maximum atomic E-state index is 13.5. The van der Waals surface area contributed by atoms with Crippen molar-refractivity contribution in [1.82, 2.24) is 5.32 Å². The summed E-state index contributed by atoms with van der Waals surface area (Å²) in [5.74, 6) is -0.290. The fourth-order valence-electron chi connectivity index (χ4n) is 13.8. The summed E-state index contributed by atoms with van der Waals surface area (Å²) < 4.78 is 34.5. The number of aliphatic hydroxyl groups is 11. The molecule has 0 aromatic carbocycles. The van der Waals surface area contributed by atoms with E-state index in [2.05, 4.69) is 116 Å². The van der Waals surface area contributed by atoms with Crippen molar-refractivity contribution in [2.24, 2.45) is 0 Å². The van der Waals surface area contributed by atoms with Gasteiger partial charge in [0.15, 0.2) is 18.9 Å². The second-order valence-corrected chi connectivity index (χ2v) is 29.9. The number of allylic oxidation sites excluding steroid dienone is 17. The van der Waals surface area contributed by atoms with Crippen LogP contribution in [0, 0.1) is 0 Å². The number of unbranched alkanes of at least 4 members (excludes halogenated alkanes) is 35. The predicted octanol–water partition coefficient (Wildman–Crippen LogP) is 15.3. The van der Waals surface area contributed by atoms with E-state index in [4.69, 9.17) is 28.4 Å². The molecule has 3 rings (SSSR count). The Labute approximate surface area is 646 Å². The van der Waals surface area contributed by atoms with E-state index in [1.54, 1.807) is 6.08 Å². The van der Waals surface area contributed by atoms with Gasteiger partial charge in [-0.05, 0) is 89.9 Å². The quantitative estimate of drug-likeness (QED) is 0.0199. The van der Waals surface area contributed by atoms with Gasteiger partial charge in [0.05, 0.1) is 38.6 Å². The lowest BCUT2D eigenvalue weighted by Crippen LogP contribution is -2.66. The number of amides is 1. The third kappa shape index (κ3) is 46.3. The van der Waals surface area contributed by atoms with Gasteiger partial charge in [0.25, 0.3) is 0 Å². The van der Waals surface area contributed by atoms with Crippen LogP contribution in [0.3, 0.4) is 0 Å². The molecule has 107 heavy (non-hydrogen) atoms. The Bertz CT molecular complexity index is 2360. The summed E-state index contributed by atoms with van der Waals surface area (Å²) in [6.45, 7) is 1.63. The Morgan fingerprint density at radius 2 is 0.654 bits per heavy atom. The second kappa shape index (κ2) is 67.0. The van der Waals surface area contributed by atoms with E-state index in [1.807, 2.05) is 6.08 Å². The van der Waals surface area contributed by atoms with E-state index in [0.29, 0.717) is 12.8 Å². The van der Waals surface area contributed by atoms with Gasteiger partial charge in [0.2, 0.25) is 5.91 Å². The van der Waals surface area contributed by atoms with Gasteiger partial charge < -0.3 is 89.9 Å². The maximum Gasteiger partial charge on any atom is 0.220 e. The topological polar surface area (TPSA) is 307 Å². The van der Waals surface area contributed by atoms with Gasteiger partial charge >= 0.3 is 0 Å². The molecular formula is C88H153NO18. The molecule has 0 saturated carbocycles. The van der Waals surface area contributed by atoms with Crippen LogP contribution >= 0.6 is 0 Å². The molecule has 0 radical (unpaired) electrons. The molecule has 3 saturated heterocycles. The lowest BCUT2D eigenvalue weighted by Gasteiger charge is -2.48. The van der Waals surface area contributed by atoms with Crippen molar-refractivity contribution in [2.75, 3.05) is 26.4 Å². The number of aliphatic hydroxyl groups excluding tert-OH is 11. The van der Waals surface area contributed by atoms with Gasteiger partial charge in [-0.3, -0.25) is 4.79 Å². The van der Waals surface area contributed by atoms with Crippen molar-refractivity contribution in [3.8, 4) is 0 Å². The second-order valence-electron chi connectivity index (χ2n) is 29.9. The molecule has 1 amide bonds. The molecule has 17 unspecified atom stereocenters. The normalized spacial score (nSPS) is 26.1. The minimum absolute atomic E-state index is 0.226. The lowest BCUT2D eigenvalue weighted by atomic mass is 9.96. The summed E-state index contributed by atoms with van der Waals surface area (Å²) in [7, 11) is 0. The monoisotopic (exact) mass is 1510 g/mol. The Morgan fingerprint density at radius 3 is 1.05 bits per heavy atom. The smallest absolute Gasteiger partial charge is 0.220 e. The fourth-order valence-corrected chi connectivity index (χ4v) is 13.8. The molecule has 3 heterocycles. The Morgan fingerprint density at radius 1 is 0.346 bits per heavy atom. The van der Waals surface area contributed by atoms with E-state index >= 15 is 0 Å². The van der Waals surface area contributed by atoms with Crippen LogP contribution in [0.25, 0.3) is 0 Å². The molecule has 3 aliphatic heterocycles. The van der Waals surface area contributed by atoms with Crippen LogP contribution in [0.5, 0.6) is 0 Å². The lowest BCUT2D eigenvalue weighted by molar-refractivity contribution is -0.379. The summed E-state index contributed by atoms with van der Waals surface area (Å²) in [6, 6.07) is -1.00. The Hall–Kier alpha value is -3.55. The van der Waals surface area contributed by atoms with Crippen LogP contribution in [-0.2, 0) is 33.2 Å². The zero-order valence-electron chi connectivity index (χ0n) is 66.3. The first-order valence-corrected chi connectivity index (χ1v) is 42.6. The summed E-state index contributed by atoms with van der Waals surface area (Å²) in [6.07, 6.45) is 66.5. The van der Waals surface area contributed by atoms with Crippen molar-refractivity contribution in [3.63, 3.8) is 0 Å². The molecule has 0 aliphatic carbocycles. The van der Waals surface area contributed by atoms with Gasteiger partial charge in [0.1, 0.15) is 73.2 Å². The third-order valence-corrected chi connectivity index (χ3v) is 20.6. The summed E-state index contributed by atoms with van der Waals surface area (Å²) >= 11 is 0. The SMILES string of the molecule is CC/C=C\C/C=C\C/C=C\C/C=C\C/C=C\C/C=C\C/C=C\CCCCCCCCCCCCCC(=O)NC(COC1OC(CO)C(OC2OC(CO)C(OC3OC(CO)C(O)C(O)C3O)C(O)C2O)C(O)C1O)C(O)/C=C/CC/C=C/CCCCCCCCCCCCCCCCCCCCCCCCC. The van der Waals surface area contributed by atoms with E-state index in [9.17, 15) is 61.0 Å². The van der Waals surface area contributed by atoms with E-state index in [0.717, 1.165) is 96.3 Å². The Kier molecular flexibility index (Phi) is 61.1. The summed E-state index contributed by atoms with van der Waals surface area (Å²) in [5, 5.41) is 121. The molecule has 3 fully saturated rings. The average Bonchev–Trinajstić information content (AvgIpc) is 0.782. The van der Waals surface area contributed by atoms with Crippen LogP contribution in [-0.4, -0.2) is 193 Å². The fraction of sp³-hybridized carbons (Fsp3) is 0.784. The van der Waals surface area contributed by atoms with Gasteiger partial charge in [-0.15, -0.1) is 0 Å². The summed E-state index contributed by atoms with van der Waals surface area (Å²) in [5.41, 5.74) is 0. The van der Waals surface area contributed by atoms with E-state index < -0.39 is 124 Å². The van der Waals surface area contributed by atoms with E-state index in [-0.39, 0.29) is 18.9 Å². The van der Waals surface area contributed by atoms with Crippen molar-refractivity contribution in [3.05, 3.63) is 109 Å². The number of ether oxygens (including phenoxy) is 6. The molecule has 3 aliphatic rings. The number of nitrogens with one attached hydrogen (secondary N) is 1. The van der Waals surface area contributed by atoms with Crippen LogP contribution in [0.2, 0.25) is 0 Å². The van der Waals surface area contributed by atoms with Gasteiger partial charge in [-0.2, -0.15) is 0 Å². The maximum absolute atomic E-state index is 13.5. The highest BCUT2D eigenvalue weighted by Crippen LogP contribution is 2.33. The first-order valence-electron chi connectivity index (χ1n) is 42.6. The van der Waals surface area contributed by atoms with Crippen molar-refractivity contribution < 1.29 is 89.4 Å². The number of hydrogen-bond donors (Lipinski definition) is 12. The molecule has 0 bridgehead atoms. The number of carbonyl (C=O) groups is 1. The van der Waals surface area contributed by atoms with Crippen LogP contribution < -0.4 is 5.32 Å². The van der Waals surface area contributed by atoms with Crippen molar-refractivity contribution in [1.29, 1.82) is 0 Å². The molecule has 0 spiro atoms. The number of carbonyl (C=O) groups excluding carboxylic acids is 1. The highest BCUT2D eigenvalue weighted by molar-refractivity contribution is 5.76. The molecule has 0 aromatic rings. The standard InChI is InChI=1S/C88H153NO18/c1-3-5-7-9-11-13-15-17-19-21-23-25-27-29-31-33-34-35-36-38-40-42-44-46-48-50-52-54-56-58-60-62-64-66-76(94)89-71(72(93)65-63-61-59-57-55-53-51-49-47-45-43-41-39-37-32-30-28-26-24-22-20-18-16-14-12-10-8-6-4-2)70-102-86-82(100)79(97)84(74(68-91)104-86)107-88-83(101)80(98)85(75(69-92)105-88)106-87-81(99)78(96)77(95)73(67-90)103-87/h5,7,11,13,17,19,23,25,29,31,34-35,38,40,55,57,63,65,71-75,77-88,90-93,95-101H,3-4,6,8-10,12,14-16,18,20-22,24,26-28,30,32-33,36-37,39,41-54,56,58-62,64,66-70H2,1-2H3,(H,89,94)/b7-5-,13-11-,19-17-,25-23-,31-29-,35-34-,40-38-,57-55+,65-63+.